The van der Waals surface area contributed by atoms with Gasteiger partial charge in [-0.1, -0.05) is 43.1 Å². The Balaban J connectivity index is 2.69. The van der Waals surface area contributed by atoms with Crippen molar-refractivity contribution < 1.29 is 14.6 Å². The van der Waals surface area contributed by atoms with Gasteiger partial charge < -0.3 is 9.84 Å². The number of ether oxygens (including phenoxy) is 1. The van der Waals surface area contributed by atoms with Crippen LogP contribution < -0.4 is 0 Å². The summed E-state index contributed by atoms with van der Waals surface area (Å²) in [4.78, 5) is 12.0. The third-order valence-electron chi connectivity index (χ3n) is 3.55. The number of esters is 1. The normalized spacial score (nSPS) is 24.0. The first kappa shape index (κ1) is 15.4. The van der Waals surface area contributed by atoms with Gasteiger partial charge in [-0.3, -0.25) is 0 Å². The van der Waals surface area contributed by atoms with Crippen LogP contribution in [-0.4, -0.2) is 16.9 Å². The minimum absolute atomic E-state index is 0.0294. The summed E-state index contributed by atoms with van der Waals surface area (Å²) in [7, 11) is 0. The van der Waals surface area contributed by atoms with Crippen LogP contribution >= 0.6 is 23.2 Å². The summed E-state index contributed by atoms with van der Waals surface area (Å²) >= 11 is 12.1. The Bertz CT molecular complexity index is 591. The lowest BCUT2D eigenvalue weighted by molar-refractivity contribution is -0.170. The molecule has 1 aliphatic heterocycles. The molecule has 0 bridgehead atoms. The van der Waals surface area contributed by atoms with E-state index in [4.69, 9.17) is 27.9 Å². The number of benzene rings is 1. The van der Waals surface area contributed by atoms with Gasteiger partial charge in [-0.2, -0.15) is 0 Å². The highest BCUT2D eigenvalue weighted by atomic mass is 35.5. The number of halogens is 2. The monoisotopic (exact) mass is 314 g/mol. The van der Waals surface area contributed by atoms with Crippen LogP contribution in [0.25, 0.3) is 5.57 Å². The lowest BCUT2D eigenvalue weighted by Gasteiger charge is -2.21. The number of carbonyl (C=O) groups excluding carboxylic acids is 1. The van der Waals surface area contributed by atoms with E-state index in [0.717, 1.165) is 6.42 Å². The second-order valence-electron chi connectivity index (χ2n) is 5.09. The first-order valence-electron chi connectivity index (χ1n) is 6.43. The van der Waals surface area contributed by atoms with Gasteiger partial charge in [0.25, 0.3) is 0 Å². The lowest BCUT2D eigenvalue weighted by atomic mass is 9.88. The zero-order chi connectivity index (χ0) is 15.1. The zero-order valence-electron chi connectivity index (χ0n) is 11.5. The fourth-order valence-electron chi connectivity index (χ4n) is 2.38. The molecule has 2 atom stereocenters. The molecule has 0 aliphatic carbocycles. The van der Waals surface area contributed by atoms with Gasteiger partial charge in [0.1, 0.15) is 0 Å². The Morgan fingerprint density at radius 3 is 2.60 bits per heavy atom. The Labute approximate surface area is 128 Å². The minimum Gasteiger partial charge on any atom is -0.426 e. The zero-order valence-corrected chi connectivity index (χ0v) is 13.0. The van der Waals surface area contributed by atoms with Crippen molar-refractivity contribution in [2.75, 3.05) is 0 Å². The van der Waals surface area contributed by atoms with Crippen molar-refractivity contribution in [1.82, 2.24) is 0 Å². The summed E-state index contributed by atoms with van der Waals surface area (Å²) in [6, 6.07) is 4.94. The second-order valence-corrected chi connectivity index (χ2v) is 5.94. The average molecular weight is 315 g/mol. The van der Waals surface area contributed by atoms with Gasteiger partial charge in [-0.05, 0) is 24.5 Å². The number of hydrogen-bond acceptors (Lipinski definition) is 3. The van der Waals surface area contributed by atoms with Crippen LogP contribution in [0.3, 0.4) is 0 Å². The fourth-order valence-corrected chi connectivity index (χ4v) is 2.88. The Morgan fingerprint density at radius 1 is 1.40 bits per heavy atom. The summed E-state index contributed by atoms with van der Waals surface area (Å²) in [5.41, 5.74) is 1.47. The molecule has 20 heavy (non-hydrogen) atoms. The highest BCUT2D eigenvalue weighted by molar-refractivity contribution is 6.36. The third kappa shape index (κ3) is 2.58. The first-order valence-corrected chi connectivity index (χ1v) is 7.19. The Kier molecular flexibility index (Phi) is 4.14. The lowest BCUT2D eigenvalue weighted by Crippen LogP contribution is -2.26. The largest absolute Gasteiger partial charge is 0.426 e. The molecular formula is C15H16Cl2O3. The molecule has 1 heterocycles. The maximum atomic E-state index is 12.0. The van der Waals surface area contributed by atoms with Crippen LogP contribution in [-0.2, 0) is 9.53 Å². The van der Waals surface area contributed by atoms with Crippen LogP contribution in [0.5, 0.6) is 0 Å². The summed E-state index contributed by atoms with van der Waals surface area (Å²) < 4.78 is 5.09. The van der Waals surface area contributed by atoms with E-state index in [1.807, 2.05) is 13.8 Å². The molecule has 0 amide bonds. The predicted octanol–water partition coefficient (Wildman–Crippen LogP) is 4.06. The molecule has 1 N–H and O–H groups in total. The summed E-state index contributed by atoms with van der Waals surface area (Å²) in [6.45, 7) is 5.33. The number of rotatable bonds is 3. The molecule has 0 spiro atoms. The van der Waals surface area contributed by atoms with E-state index in [1.165, 1.54) is 6.92 Å². The molecule has 108 valence electrons. The van der Waals surface area contributed by atoms with Gasteiger partial charge in [-0.25, -0.2) is 4.79 Å². The third-order valence-corrected chi connectivity index (χ3v) is 4.10. The van der Waals surface area contributed by atoms with Crippen molar-refractivity contribution >= 4 is 34.7 Å². The SMILES string of the molecule is CCC(C)C1=C(c2ccc(Cl)cc2Cl)C(C)(O)OC1=O. The van der Waals surface area contributed by atoms with E-state index in [0.29, 0.717) is 26.8 Å². The first-order chi connectivity index (χ1) is 9.27. The van der Waals surface area contributed by atoms with Crippen molar-refractivity contribution in [1.29, 1.82) is 0 Å². The molecule has 3 nitrogen and oxygen atoms in total. The molecule has 0 saturated heterocycles. The van der Waals surface area contributed by atoms with E-state index in [1.54, 1.807) is 18.2 Å². The summed E-state index contributed by atoms with van der Waals surface area (Å²) in [5, 5.41) is 11.3. The average Bonchev–Trinajstić information content (AvgIpc) is 2.58. The minimum atomic E-state index is -1.67. The second kappa shape index (κ2) is 5.40. The highest BCUT2D eigenvalue weighted by Gasteiger charge is 2.45. The van der Waals surface area contributed by atoms with Gasteiger partial charge >= 0.3 is 5.97 Å². The van der Waals surface area contributed by atoms with E-state index in [2.05, 4.69) is 0 Å². The topological polar surface area (TPSA) is 46.5 Å². The summed E-state index contributed by atoms with van der Waals surface area (Å²) in [6.07, 6.45) is 0.759. The molecule has 2 rings (SSSR count). The van der Waals surface area contributed by atoms with E-state index in [9.17, 15) is 9.90 Å². The van der Waals surface area contributed by atoms with Crippen LogP contribution in [0.2, 0.25) is 10.0 Å². The molecule has 1 aromatic rings. The number of hydrogen-bond donors (Lipinski definition) is 1. The van der Waals surface area contributed by atoms with Crippen molar-refractivity contribution in [3.63, 3.8) is 0 Å². The Hall–Kier alpha value is -1.03. The molecule has 2 unspecified atom stereocenters. The van der Waals surface area contributed by atoms with Crippen molar-refractivity contribution in [2.24, 2.45) is 5.92 Å². The van der Waals surface area contributed by atoms with Crippen LogP contribution in [0.15, 0.2) is 23.8 Å². The quantitative estimate of drug-likeness (QED) is 0.856. The number of carbonyl (C=O) groups is 1. The molecule has 0 saturated carbocycles. The van der Waals surface area contributed by atoms with Crippen molar-refractivity contribution in [3.05, 3.63) is 39.4 Å². The maximum Gasteiger partial charge on any atom is 0.337 e. The highest BCUT2D eigenvalue weighted by Crippen LogP contribution is 2.44. The van der Waals surface area contributed by atoms with E-state index < -0.39 is 11.8 Å². The van der Waals surface area contributed by atoms with Gasteiger partial charge in [0.15, 0.2) is 0 Å². The number of aliphatic hydroxyl groups is 1. The maximum absolute atomic E-state index is 12.0. The molecular weight excluding hydrogens is 299 g/mol. The predicted molar refractivity (Wildman–Crippen MR) is 79.6 cm³/mol. The van der Waals surface area contributed by atoms with Gasteiger partial charge in [0, 0.05) is 28.1 Å². The molecule has 0 radical (unpaired) electrons. The van der Waals surface area contributed by atoms with Crippen LogP contribution in [0, 0.1) is 5.92 Å². The Morgan fingerprint density at radius 2 is 2.05 bits per heavy atom. The molecule has 1 aliphatic rings. The number of cyclic esters (lactones) is 1. The van der Waals surface area contributed by atoms with Crippen LogP contribution in [0.4, 0.5) is 0 Å². The van der Waals surface area contributed by atoms with Gasteiger partial charge in [0.05, 0.1) is 5.57 Å². The van der Waals surface area contributed by atoms with E-state index >= 15 is 0 Å². The molecule has 5 heteroatoms. The molecule has 1 aromatic carbocycles. The van der Waals surface area contributed by atoms with Gasteiger partial charge in [0.2, 0.25) is 5.79 Å². The van der Waals surface area contributed by atoms with Crippen LogP contribution in [0.1, 0.15) is 32.8 Å². The standard InChI is InChI=1S/C15H16Cl2O3/c1-4-8(2)12-13(15(3,19)20-14(12)18)10-6-5-9(16)7-11(10)17/h5-8,19H,4H2,1-3H3. The molecule has 0 aromatic heterocycles. The van der Waals surface area contributed by atoms with Gasteiger partial charge in [-0.15, -0.1) is 0 Å². The van der Waals surface area contributed by atoms with E-state index in [-0.39, 0.29) is 5.92 Å². The van der Waals surface area contributed by atoms with Crippen molar-refractivity contribution in [2.45, 2.75) is 33.0 Å². The summed E-state index contributed by atoms with van der Waals surface area (Å²) in [5.74, 6) is -2.20. The fraction of sp³-hybridized carbons (Fsp3) is 0.400. The van der Waals surface area contributed by atoms with Crippen molar-refractivity contribution in [3.8, 4) is 0 Å². The molecule has 0 fully saturated rings. The smallest absolute Gasteiger partial charge is 0.337 e.